The Hall–Kier alpha value is -0.670. The van der Waals surface area contributed by atoms with E-state index in [0.29, 0.717) is 6.04 Å². The lowest BCUT2D eigenvalue weighted by Gasteiger charge is -2.21. The summed E-state index contributed by atoms with van der Waals surface area (Å²) in [6.45, 7) is 0. The third-order valence-electron chi connectivity index (χ3n) is 3.10. The Morgan fingerprint density at radius 2 is 2.00 bits per heavy atom. The van der Waals surface area contributed by atoms with Crippen molar-refractivity contribution in [3.8, 4) is 0 Å². The fourth-order valence-electron chi connectivity index (χ4n) is 2.19. The van der Waals surface area contributed by atoms with E-state index in [4.69, 9.17) is 0 Å². The summed E-state index contributed by atoms with van der Waals surface area (Å²) in [7, 11) is 0. The second-order valence-corrected chi connectivity index (χ2v) is 5.41. The maximum absolute atomic E-state index is 11.0. The third-order valence-corrected chi connectivity index (χ3v) is 4.13. The molecule has 3 unspecified atom stereocenters. The number of aldehydes is 1. The van der Waals surface area contributed by atoms with Gasteiger partial charge in [-0.3, -0.25) is 5.32 Å². The quantitative estimate of drug-likeness (QED) is 0.667. The number of nitrogens with one attached hydrogen (secondary N) is 1. The van der Waals surface area contributed by atoms with Crippen LogP contribution in [0.25, 0.3) is 0 Å². The van der Waals surface area contributed by atoms with Gasteiger partial charge in [0.1, 0.15) is 6.29 Å². The Balaban J connectivity index is 2.13. The first-order chi connectivity index (χ1) is 7.81. The topological polar surface area (TPSA) is 29.1 Å². The van der Waals surface area contributed by atoms with Gasteiger partial charge in [-0.15, -0.1) is 0 Å². The van der Waals surface area contributed by atoms with Crippen molar-refractivity contribution in [2.75, 3.05) is 0 Å². The van der Waals surface area contributed by atoms with Gasteiger partial charge in [0, 0.05) is 10.9 Å². The smallest absolute Gasteiger partial charge is 0.138 e. The Morgan fingerprint density at radius 3 is 2.69 bits per heavy atom. The van der Waals surface area contributed by atoms with Crippen LogP contribution in [0.3, 0.4) is 0 Å². The van der Waals surface area contributed by atoms with E-state index in [9.17, 15) is 4.79 Å². The molecule has 3 heteroatoms. The molecule has 0 aromatic heterocycles. The minimum Gasteiger partial charge on any atom is -0.302 e. The molecule has 0 amide bonds. The molecule has 0 bridgehead atoms. The molecule has 1 fully saturated rings. The third kappa shape index (κ3) is 2.71. The molecule has 2 nitrogen and oxygen atoms in total. The first-order valence-electron chi connectivity index (χ1n) is 5.71. The summed E-state index contributed by atoms with van der Waals surface area (Å²) in [6.07, 6.45) is 4.31. The van der Waals surface area contributed by atoms with Gasteiger partial charge in [0.05, 0.1) is 6.04 Å². The summed E-state index contributed by atoms with van der Waals surface area (Å²) in [5.74, 6) is 0. The number of hydrogen-bond acceptors (Lipinski definition) is 2. The summed E-state index contributed by atoms with van der Waals surface area (Å²) in [6, 6.07) is 10.6. The highest BCUT2D eigenvalue weighted by molar-refractivity contribution is 9.09. The monoisotopic (exact) mass is 281 g/mol. The van der Waals surface area contributed by atoms with Crippen LogP contribution in [0.1, 0.15) is 30.9 Å². The maximum atomic E-state index is 11.0. The van der Waals surface area contributed by atoms with Crippen molar-refractivity contribution in [1.82, 2.24) is 5.32 Å². The Morgan fingerprint density at radius 1 is 1.25 bits per heavy atom. The van der Waals surface area contributed by atoms with Crippen LogP contribution >= 0.6 is 15.9 Å². The molecule has 16 heavy (non-hydrogen) atoms. The van der Waals surface area contributed by atoms with Crippen LogP contribution in [-0.2, 0) is 4.79 Å². The van der Waals surface area contributed by atoms with E-state index in [1.165, 1.54) is 5.56 Å². The van der Waals surface area contributed by atoms with Crippen molar-refractivity contribution in [1.29, 1.82) is 0 Å². The number of carbonyl (C=O) groups is 1. The van der Waals surface area contributed by atoms with Gasteiger partial charge in [0.25, 0.3) is 0 Å². The fourth-order valence-corrected chi connectivity index (χ4v) is 2.79. The molecule has 2 rings (SSSR count). The SMILES string of the molecule is O=CC1NC(c2ccccc2)CCCC1Br. The lowest BCUT2D eigenvalue weighted by molar-refractivity contribution is -0.109. The number of benzene rings is 1. The van der Waals surface area contributed by atoms with Crippen molar-refractivity contribution in [3.63, 3.8) is 0 Å². The zero-order valence-corrected chi connectivity index (χ0v) is 10.7. The number of rotatable bonds is 2. The van der Waals surface area contributed by atoms with Gasteiger partial charge in [-0.2, -0.15) is 0 Å². The highest BCUT2D eigenvalue weighted by Crippen LogP contribution is 2.27. The first kappa shape index (κ1) is 11.8. The lowest BCUT2D eigenvalue weighted by Crippen LogP contribution is -2.38. The second-order valence-electron chi connectivity index (χ2n) is 4.24. The van der Waals surface area contributed by atoms with Crippen LogP contribution in [0.2, 0.25) is 0 Å². The summed E-state index contributed by atoms with van der Waals surface area (Å²) < 4.78 is 0. The van der Waals surface area contributed by atoms with Crippen LogP contribution in [0, 0.1) is 0 Å². The molecular weight excluding hydrogens is 266 g/mol. The largest absolute Gasteiger partial charge is 0.302 e. The second kappa shape index (κ2) is 5.60. The normalized spacial score (nSPS) is 30.7. The van der Waals surface area contributed by atoms with E-state index in [1.807, 2.05) is 18.2 Å². The minimum atomic E-state index is -0.0762. The van der Waals surface area contributed by atoms with Gasteiger partial charge in [0.2, 0.25) is 0 Å². The van der Waals surface area contributed by atoms with Gasteiger partial charge < -0.3 is 4.79 Å². The predicted molar refractivity (Wildman–Crippen MR) is 68.7 cm³/mol. The summed E-state index contributed by atoms with van der Waals surface area (Å²) in [4.78, 5) is 11.3. The average molecular weight is 282 g/mol. The minimum absolute atomic E-state index is 0.0762. The molecule has 86 valence electrons. The van der Waals surface area contributed by atoms with E-state index in [2.05, 4.69) is 33.4 Å². The molecule has 0 saturated carbocycles. The number of hydrogen-bond donors (Lipinski definition) is 1. The molecule has 1 saturated heterocycles. The van der Waals surface area contributed by atoms with E-state index >= 15 is 0 Å². The summed E-state index contributed by atoms with van der Waals surface area (Å²) in [5.41, 5.74) is 1.27. The number of carbonyl (C=O) groups excluding carboxylic acids is 1. The van der Waals surface area contributed by atoms with Crippen LogP contribution < -0.4 is 5.32 Å². The maximum Gasteiger partial charge on any atom is 0.138 e. The zero-order chi connectivity index (χ0) is 11.4. The van der Waals surface area contributed by atoms with Gasteiger partial charge in [0.15, 0.2) is 0 Å². The summed E-state index contributed by atoms with van der Waals surface area (Å²) >= 11 is 3.57. The predicted octanol–water partition coefficient (Wildman–Crippen LogP) is 2.83. The molecule has 1 aliphatic heterocycles. The van der Waals surface area contributed by atoms with Gasteiger partial charge >= 0.3 is 0 Å². The van der Waals surface area contributed by atoms with Crippen molar-refractivity contribution in [2.45, 2.75) is 36.2 Å². The first-order valence-corrected chi connectivity index (χ1v) is 6.63. The molecule has 0 aliphatic carbocycles. The van der Waals surface area contributed by atoms with Crippen molar-refractivity contribution in [3.05, 3.63) is 35.9 Å². The molecule has 0 spiro atoms. The van der Waals surface area contributed by atoms with Crippen LogP contribution in [-0.4, -0.2) is 17.2 Å². The highest BCUT2D eigenvalue weighted by atomic mass is 79.9. The van der Waals surface area contributed by atoms with E-state index in [-0.39, 0.29) is 10.9 Å². The Labute approximate surface area is 105 Å². The zero-order valence-electron chi connectivity index (χ0n) is 9.10. The number of alkyl halides is 1. The average Bonchev–Trinajstić information content (AvgIpc) is 2.52. The molecule has 1 aromatic carbocycles. The summed E-state index contributed by atoms with van der Waals surface area (Å²) in [5, 5.41) is 3.42. The van der Waals surface area contributed by atoms with Gasteiger partial charge in [-0.25, -0.2) is 0 Å². The molecule has 1 heterocycles. The van der Waals surface area contributed by atoms with Crippen molar-refractivity contribution >= 4 is 22.2 Å². The van der Waals surface area contributed by atoms with Crippen molar-refractivity contribution in [2.24, 2.45) is 0 Å². The van der Waals surface area contributed by atoms with Crippen LogP contribution in [0.5, 0.6) is 0 Å². The van der Waals surface area contributed by atoms with Gasteiger partial charge in [-0.1, -0.05) is 52.7 Å². The van der Waals surface area contributed by atoms with E-state index in [1.54, 1.807) is 0 Å². The Bertz CT molecular complexity index is 341. The van der Waals surface area contributed by atoms with Crippen LogP contribution in [0.4, 0.5) is 0 Å². The van der Waals surface area contributed by atoms with Gasteiger partial charge in [-0.05, 0) is 18.4 Å². The van der Waals surface area contributed by atoms with Crippen LogP contribution in [0.15, 0.2) is 30.3 Å². The molecular formula is C13H16BrNO. The highest BCUT2D eigenvalue weighted by Gasteiger charge is 2.25. The molecule has 1 N–H and O–H groups in total. The number of halogens is 1. The van der Waals surface area contributed by atoms with E-state index < -0.39 is 0 Å². The van der Waals surface area contributed by atoms with Crippen molar-refractivity contribution < 1.29 is 4.79 Å². The standard InChI is InChI=1S/C13H16BrNO/c14-11-7-4-8-12(15-13(11)9-16)10-5-2-1-3-6-10/h1-3,5-6,9,11-13,15H,4,7-8H2. The molecule has 0 radical (unpaired) electrons. The molecule has 1 aliphatic rings. The van der Waals surface area contributed by atoms with E-state index in [0.717, 1.165) is 25.5 Å². The molecule has 1 aromatic rings. The fraction of sp³-hybridized carbons (Fsp3) is 0.462. The molecule has 3 atom stereocenters. The Kier molecular flexibility index (Phi) is 4.13. The lowest BCUT2D eigenvalue weighted by atomic mass is 10.0.